The average Bonchev–Trinajstić information content (AvgIpc) is 2.67. The van der Waals surface area contributed by atoms with E-state index < -0.39 is 6.04 Å². The maximum atomic E-state index is 11.4. The van der Waals surface area contributed by atoms with Crippen molar-refractivity contribution in [2.24, 2.45) is 5.73 Å². The zero-order chi connectivity index (χ0) is 10.4. The third kappa shape index (κ3) is 3.18. The molecule has 4 N–H and O–H groups in total. The molecular formula is C9H16N4O. The van der Waals surface area contributed by atoms with Gasteiger partial charge in [-0.15, -0.1) is 0 Å². The number of carbonyl (C=O) groups excluding carboxylic acids is 1. The minimum atomic E-state index is -0.400. The summed E-state index contributed by atoms with van der Waals surface area (Å²) in [7, 11) is 0. The summed E-state index contributed by atoms with van der Waals surface area (Å²) in [6.07, 6.45) is 3.28. The molecule has 5 heteroatoms. The number of H-pyrrole nitrogens is 1. The smallest absolute Gasteiger partial charge is 0.237 e. The van der Waals surface area contributed by atoms with Gasteiger partial charge in [0.05, 0.1) is 18.3 Å². The Hall–Kier alpha value is -1.36. The van der Waals surface area contributed by atoms with Crippen LogP contribution in [0.3, 0.4) is 0 Å². The normalized spacial score (nSPS) is 12.4. The highest BCUT2D eigenvalue weighted by molar-refractivity contribution is 5.81. The van der Waals surface area contributed by atoms with Crippen molar-refractivity contribution in [3.8, 4) is 0 Å². The molecule has 1 heterocycles. The molecule has 0 aliphatic rings. The Morgan fingerprint density at radius 1 is 1.79 bits per heavy atom. The highest BCUT2D eigenvalue weighted by Crippen LogP contribution is 1.95. The lowest BCUT2D eigenvalue weighted by atomic mass is 10.2. The third-order valence-corrected chi connectivity index (χ3v) is 1.95. The molecule has 0 radical (unpaired) electrons. The number of hydrogen-bond donors (Lipinski definition) is 3. The van der Waals surface area contributed by atoms with Crippen molar-refractivity contribution in [1.29, 1.82) is 0 Å². The zero-order valence-corrected chi connectivity index (χ0v) is 8.29. The molecule has 0 spiro atoms. The molecule has 0 saturated heterocycles. The van der Waals surface area contributed by atoms with Crippen molar-refractivity contribution in [2.75, 3.05) is 0 Å². The number of nitrogens with two attached hydrogens (primary N) is 1. The van der Waals surface area contributed by atoms with E-state index in [4.69, 9.17) is 5.73 Å². The first-order valence-electron chi connectivity index (χ1n) is 4.75. The Kier molecular flexibility index (Phi) is 4.12. The largest absolute Gasteiger partial charge is 0.349 e. The fourth-order valence-corrected chi connectivity index (χ4v) is 1.14. The van der Waals surface area contributed by atoms with Crippen molar-refractivity contribution in [3.05, 3.63) is 18.0 Å². The zero-order valence-electron chi connectivity index (χ0n) is 8.29. The Morgan fingerprint density at radius 3 is 3.14 bits per heavy atom. The molecule has 1 atom stereocenters. The van der Waals surface area contributed by atoms with Crippen LogP contribution in [0.25, 0.3) is 0 Å². The first kappa shape index (κ1) is 10.7. The van der Waals surface area contributed by atoms with Gasteiger partial charge in [-0.3, -0.25) is 9.89 Å². The predicted molar refractivity (Wildman–Crippen MR) is 53.3 cm³/mol. The number of aromatic nitrogens is 2. The second-order valence-corrected chi connectivity index (χ2v) is 3.19. The van der Waals surface area contributed by atoms with Gasteiger partial charge >= 0.3 is 0 Å². The van der Waals surface area contributed by atoms with E-state index in [0.717, 1.165) is 18.5 Å². The minimum Gasteiger partial charge on any atom is -0.349 e. The van der Waals surface area contributed by atoms with Gasteiger partial charge < -0.3 is 11.1 Å². The topological polar surface area (TPSA) is 83.8 Å². The van der Waals surface area contributed by atoms with Gasteiger partial charge in [0, 0.05) is 6.20 Å². The van der Waals surface area contributed by atoms with E-state index in [1.54, 1.807) is 6.20 Å². The van der Waals surface area contributed by atoms with Crippen LogP contribution in [0.1, 0.15) is 25.5 Å². The molecule has 0 bridgehead atoms. The fraction of sp³-hybridized carbons (Fsp3) is 0.556. The van der Waals surface area contributed by atoms with E-state index in [1.165, 1.54) is 0 Å². The van der Waals surface area contributed by atoms with Gasteiger partial charge in [0.25, 0.3) is 0 Å². The predicted octanol–water partition coefficient (Wildman–Crippen LogP) is 0.153. The number of carbonyl (C=O) groups is 1. The molecule has 0 aliphatic heterocycles. The summed E-state index contributed by atoms with van der Waals surface area (Å²) in [4.78, 5) is 11.4. The van der Waals surface area contributed by atoms with E-state index in [0.29, 0.717) is 6.54 Å². The van der Waals surface area contributed by atoms with Crippen molar-refractivity contribution < 1.29 is 4.79 Å². The standard InChI is InChI=1S/C9H16N4O/c1-2-3-8(10)9(14)11-6-7-4-5-12-13-7/h4-5,8H,2-3,6,10H2,1H3,(H,11,14)(H,12,13). The van der Waals surface area contributed by atoms with Crippen LogP contribution >= 0.6 is 0 Å². The van der Waals surface area contributed by atoms with Gasteiger partial charge in [0.1, 0.15) is 0 Å². The highest BCUT2D eigenvalue weighted by Gasteiger charge is 2.11. The van der Waals surface area contributed by atoms with E-state index >= 15 is 0 Å². The summed E-state index contributed by atoms with van der Waals surface area (Å²) in [5, 5.41) is 9.27. The fourth-order valence-electron chi connectivity index (χ4n) is 1.14. The summed E-state index contributed by atoms with van der Waals surface area (Å²) < 4.78 is 0. The highest BCUT2D eigenvalue weighted by atomic mass is 16.2. The minimum absolute atomic E-state index is 0.110. The molecular weight excluding hydrogens is 180 g/mol. The summed E-state index contributed by atoms with van der Waals surface area (Å²) in [5.74, 6) is -0.110. The van der Waals surface area contributed by atoms with Gasteiger partial charge in [-0.2, -0.15) is 5.10 Å². The van der Waals surface area contributed by atoms with Crippen LogP contribution in [0, 0.1) is 0 Å². The van der Waals surface area contributed by atoms with Crippen LogP contribution in [0.15, 0.2) is 12.3 Å². The van der Waals surface area contributed by atoms with Gasteiger partial charge in [-0.25, -0.2) is 0 Å². The van der Waals surface area contributed by atoms with Gasteiger partial charge in [0.2, 0.25) is 5.91 Å². The molecule has 1 rings (SSSR count). The third-order valence-electron chi connectivity index (χ3n) is 1.95. The van der Waals surface area contributed by atoms with Gasteiger partial charge in [-0.1, -0.05) is 13.3 Å². The van der Waals surface area contributed by atoms with Crippen molar-refractivity contribution in [1.82, 2.24) is 15.5 Å². The maximum Gasteiger partial charge on any atom is 0.237 e. The van der Waals surface area contributed by atoms with Crippen LogP contribution in [0.4, 0.5) is 0 Å². The van der Waals surface area contributed by atoms with Crippen molar-refractivity contribution in [2.45, 2.75) is 32.4 Å². The molecule has 0 fully saturated rings. The van der Waals surface area contributed by atoms with Crippen molar-refractivity contribution >= 4 is 5.91 Å². The molecule has 14 heavy (non-hydrogen) atoms. The molecule has 1 aromatic rings. The molecule has 78 valence electrons. The average molecular weight is 196 g/mol. The van der Waals surface area contributed by atoms with Crippen LogP contribution in [0.2, 0.25) is 0 Å². The number of nitrogens with one attached hydrogen (secondary N) is 2. The van der Waals surface area contributed by atoms with Crippen LogP contribution < -0.4 is 11.1 Å². The molecule has 1 amide bonds. The number of nitrogens with zero attached hydrogens (tertiary/aromatic N) is 1. The molecule has 0 saturated carbocycles. The Bertz CT molecular complexity index is 270. The Balaban J connectivity index is 2.27. The summed E-state index contributed by atoms with van der Waals surface area (Å²) in [6, 6.07) is 1.41. The number of amides is 1. The SMILES string of the molecule is CCCC(N)C(=O)NCc1ccn[nH]1. The summed E-state index contributed by atoms with van der Waals surface area (Å²) >= 11 is 0. The van der Waals surface area contributed by atoms with Crippen LogP contribution in [-0.4, -0.2) is 22.1 Å². The van der Waals surface area contributed by atoms with Gasteiger partial charge in [-0.05, 0) is 12.5 Å². The lowest BCUT2D eigenvalue weighted by Gasteiger charge is -2.09. The molecule has 0 aromatic carbocycles. The van der Waals surface area contributed by atoms with E-state index in [1.807, 2.05) is 13.0 Å². The number of hydrogen-bond acceptors (Lipinski definition) is 3. The first-order valence-corrected chi connectivity index (χ1v) is 4.75. The van der Waals surface area contributed by atoms with Crippen LogP contribution in [0.5, 0.6) is 0 Å². The number of aromatic amines is 1. The van der Waals surface area contributed by atoms with Gasteiger partial charge in [0.15, 0.2) is 0 Å². The number of rotatable bonds is 5. The molecule has 0 aliphatic carbocycles. The second-order valence-electron chi connectivity index (χ2n) is 3.19. The summed E-state index contributed by atoms with van der Waals surface area (Å²) in [6.45, 7) is 2.46. The maximum absolute atomic E-state index is 11.4. The van der Waals surface area contributed by atoms with E-state index in [9.17, 15) is 4.79 Å². The lowest BCUT2D eigenvalue weighted by molar-refractivity contribution is -0.122. The molecule has 5 nitrogen and oxygen atoms in total. The van der Waals surface area contributed by atoms with Crippen molar-refractivity contribution in [3.63, 3.8) is 0 Å². The Morgan fingerprint density at radius 2 is 2.57 bits per heavy atom. The van der Waals surface area contributed by atoms with Crippen LogP contribution in [-0.2, 0) is 11.3 Å². The lowest BCUT2D eigenvalue weighted by Crippen LogP contribution is -2.40. The monoisotopic (exact) mass is 196 g/mol. The van der Waals surface area contributed by atoms with E-state index in [2.05, 4.69) is 15.5 Å². The van der Waals surface area contributed by atoms with E-state index in [-0.39, 0.29) is 5.91 Å². The quantitative estimate of drug-likeness (QED) is 0.627. The first-order chi connectivity index (χ1) is 6.74. The Labute approximate surface area is 83.1 Å². The second kappa shape index (κ2) is 5.39. The molecule has 1 aromatic heterocycles. The summed E-state index contributed by atoms with van der Waals surface area (Å²) in [5.41, 5.74) is 6.51. The molecule has 1 unspecified atom stereocenters.